The van der Waals surface area contributed by atoms with Gasteiger partial charge in [0.2, 0.25) is 0 Å². The van der Waals surface area contributed by atoms with Crippen molar-refractivity contribution >= 4 is 0 Å². The lowest BCUT2D eigenvalue weighted by atomic mass is 9.97. The molecule has 0 aliphatic heterocycles. The summed E-state index contributed by atoms with van der Waals surface area (Å²) in [6.45, 7) is 7.50. The molecule has 0 bridgehead atoms. The first-order valence-electron chi connectivity index (χ1n) is 7.50. The molecule has 0 fully saturated rings. The molecule has 1 N–H and O–H groups in total. The molecule has 1 heterocycles. The monoisotopic (exact) mass is 268 g/mol. The van der Waals surface area contributed by atoms with Gasteiger partial charge in [-0.1, -0.05) is 49.7 Å². The van der Waals surface area contributed by atoms with Crippen molar-refractivity contribution in [2.75, 3.05) is 6.54 Å². The molecule has 2 heteroatoms. The van der Waals surface area contributed by atoms with Crippen LogP contribution in [-0.4, -0.2) is 11.5 Å². The van der Waals surface area contributed by atoms with E-state index in [4.69, 9.17) is 0 Å². The SMILES string of the molecule is CCCNC(c1ccc(C)cc1)c1ncccc1CC. The summed E-state index contributed by atoms with van der Waals surface area (Å²) in [4.78, 5) is 4.64. The summed E-state index contributed by atoms with van der Waals surface area (Å²) < 4.78 is 0. The average molecular weight is 268 g/mol. The van der Waals surface area contributed by atoms with Crippen molar-refractivity contribution in [2.24, 2.45) is 0 Å². The normalized spacial score (nSPS) is 12.3. The number of benzene rings is 1. The van der Waals surface area contributed by atoms with Crippen molar-refractivity contribution in [1.82, 2.24) is 10.3 Å². The van der Waals surface area contributed by atoms with E-state index < -0.39 is 0 Å². The molecular weight excluding hydrogens is 244 g/mol. The van der Waals surface area contributed by atoms with Crippen molar-refractivity contribution in [3.05, 3.63) is 65.0 Å². The zero-order chi connectivity index (χ0) is 14.4. The Morgan fingerprint density at radius 2 is 1.85 bits per heavy atom. The molecule has 2 rings (SSSR count). The second kappa shape index (κ2) is 7.20. The van der Waals surface area contributed by atoms with Crippen molar-refractivity contribution in [2.45, 2.75) is 39.7 Å². The van der Waals surface area contributed by atoms with Crippen LogP contribution < -0.4 is 5.32 Å². The fourth-order valence-electron chi connectivity index (χ4n) is 2.43. The summed E-state index contributed by atoms with van der Waals surface area (Å²) in [5, 5.41) is 3.63. The van der Waals surface area contributed by atoms with Crippen LogP contribution in [0.25, 0.3) is 0 Å². The van der Waals surface area contributed by atoms with Gasteiger partial charge < -0.3 is 5.32 Å². The lowest BCUT2D eigenvalue weighted by Gasteiger charge is -2.21. The molecule has 1 aromatic heterocycles. The van der Waals surface area contributed by atoms with E-state index in [1.54, 1.807) is 0 Å². The lowest BCUT2D eigenvalue weighted by Crippen LogP contribution is -2.25. The Morgan fingerprint density at radius 1 is 1.10 bits per heavy atom. The molecular formula is C18H24N2. The minimum atomic E-state index is 0.187. The number of aromatic nitrogens is 1. The first-order valence-corrected chi connectivity index (χ1v) is 7.50. The van der Waals surface area contributed by atoms with Gasteiger partial charge in [0.25, 0.3) is 0 Å². The molecule has 20 heavy (non-hydrogen) atoms. The van der Waals surface area contributed by atoms with Gasteiger partial charge in [-0.2, -0.15) is 0 Å². The van der Waals surface area contributed by atoms with Crippen molar-refractivity contribution in [1.29, 1.82) is 0 Å². The molecule has 1 aromatic carbocycles. The molecule has 0 radical (unpaired) electrons. The first-order chi connectivity index (χ1) is 9.76. The largest absolute Gasteiger partial charge is 0.305 e. The highest BCUT2D eigenvalue weighted by atomic mass is 14.9. The van der Waals surface area contributed by atoms with Crippen LogP contribution >= 0.6 is 0 Å². The molecule has 0 aliphatic rings. The second-order valence-electron chi connectivity index (χ2n) is 5.20. The number of nitrogens with zero attached hydrogens (tertiary/aromatic N) is 1. The predicted molar refractivity (Wildman–Crippen MR) is 84.9 cm³/mol. The Balaban J connectivity index is 2.38. The summed E-state index contributed by atoms with van der Waals surface area (Å²) >= 11 is 0. The zero-order valence-corrected chi connectivity index (χ0v) is 12.7. The molecule has 2 nitrogen and oxygen atoms in total. The summed E-state index contributed by atoms with van der Waals surface area (Å²) in [6.07, 6.45) is 4.03. The van der Waals surface area contributed by atoms with Crippen LogP contribution in [0.1, 0.15) is 48.7 Å². The minimum absolute atomic E-state index is 0.187. The van der Waals surface area contributed by atoms with Crippen LogP contribution in [0.5, 0.6) is 0 Å². The number of pyridine rings is 1. The standard InChI is InChI=1S/C18H24N2/c1-4-12-19-18(16-10-8-14(3)9-11-16)17-15(5-2)7-6-13-20-17/h6-11,13,18-19H,4-5,12H2,1-3H3. The second-order valence-corrected chi connectivity index (χ2v) is 5.20. The average Bonchev–Trinajstić information content (AvgIpc) is 2.50. The fraction of sp³-hybridized carbons (Fsp3) is 0.389. The van der Waals surface area contributed by atoms with Crippen LogP contribution in [0, 0.1) is 6.92 Å². The Kier molecular flexibility index (Phi) is 5.31. The maximum Gasteiger partial charge on any atom is 0.0754 e. The van der Waals surface area contributed by atoms with Crippen LogP contribution in [0.4, 0.5) is 0 Å². The number of rotatable bonds is 6. The zero-order valence-electron chi connectivity index (χ0n) is 12.7. The van der Waals surface area contributed by atoms with E-state index >= 15 is 0 Å². The molecule has 1 unspecified atom stereocenters. The molecule has 0 saturated carbocycles. The van der Waals surface area contributed by atoms with Crippen LogP contribution in [0.3, 0.4) is 0 Å². The van der Waals surface area contributed by atoms with Gasteiger partial charge in [0.15, 0.2) is 0 Å². The summed E-state index contributed by atoms with van der Waals surface area (Å²) in [6, 6.07) is 13.1. The number of nitrogens with one attached hydrogen (secondary N) is 1. The molecule has 2 aromatic rings. The van der Waals surface area contributed by atoms with Crippen LogP contribution in [0.2, 0.25) is 0 Å². The minimum Gasteiger partial charge on any atom is -0.305 e. The number of aryl methyl sites for hydroxylation is 2. The van der Waals surface area contributed by atoms with E-state index in [0.29, 0.717) is 0 Å². The smallest absolute Gasteiger partial charge is 0.0754 e. The Morgan fingerprint density at radius 3 is 2.50 bits per heavy atom. The van der Waals surface area contributed by atoms with E-state index in [0.717, 1.165) is 25.1 Å². The highest BCUT2D eigenvalue weighted by molar-refractivity contribution is 5.34. The van der Waals surface area contributed by atoms with Crippen LogP contribution in [0.15, 0.2) is 42.6 Å². The molecule has 0 amide bonds. The van der Waals surface area contributed by atoms with Gasteiger partial charge in [0.1, 0.15) is 0 Å². The summed E-state index contributed by atoms with van der Waals surface area (Å²) in [5.41, 5.74) is 5.06. The summed E-state index contributed by atoms with van der Waals surface area (Å²) in [7, 11) is 0. The van der Waals surface area contributed by atoms with E-state index in [9.17, 15) is 0 Å². The van der Waals surface area contributed by atoms with Gasteiger partial charge >= 0.3 is 0 Å². The highest BCUT2D eigenvalue weighted by Crippen LogP contribution is 2.24. The Hall–Kier alpha value is -1.67. The molecule has 0 spiro atoms. The van der Waals surface area contributed by atoms with Crippen molar-refractivity contribution in [3.63, 3.8) is 0 Å². The molecule has 0 saturated heterocycles. The van der Waals surface area contributed by atoms with Gasteiger partial charge in [-0.15, -0.1) is 0 Å². The third-order valence-electron chi connectivity index (χ3n) is 3.59. The Labute approximate surface area is 122 Å². The number of hydrogen-bond donors (Lipinski definition) is 1. The topological polar surface area (TPSA) is 24.9 Å². The quantitative estimate of drug-likeness (QED) is 0.855. The predicted octanol–water partition coefficient (Wildman–Crippen LogP) is 4.04. The fourth-order valence-corrected chi connectivity index (χ4v) is 2.43. The third kappa shape index (κ3) is 3.45. The van der Waals surface area contributed by atoms with E-state index in [-0.39, 0.29) is 6.04 Å². The van der Waals surface area contributed by atoms with Gasteiger partial charge in [0.05, 0.1) is 11.7 Å². The van der Waals surface area contributed by atoms with Gasteiger partial charge in [-0.3, -0.25) is 4.98 Å². The molecule has 1 atom stereocenters. The molecule has 0 aliphatic carbocycles. The van der Waals surface area contributed by atoms with Gasteiger partial charge in [0, 0.05) is 6.20 Å². The summed E-state index contributed by atoms with van der Waals surface area (Å²) in [5.74, 6) is 0. The van der Waals surface area contributed by atoms with Gasteiger partial charge in [-0.25, -0.2) is 0 Å². The van der Waals surface area contributed by atoms with Crippen LogP contribution in [-0.2, 0) is 6.42 Å². The number of hydrogen-bond acceptors (Lipinski definition) is 2. The van der Waals surface area contributed by atoms with Crippen molar-refractivity contribution in [3.8, 4) is 0 Å². The third-order valence-corrected chi connectivity index (χ3v) is 3.59. The lowest BCUT2D eigenvalue weighted by molar-refractivity contribution is 0.582. The molecule has 106 valence electrons. The Bertz CT molecular complexity index is 531. The van der Waals surface area contributed by atoms with E-state index in [1.807, 2.05) is 12.3 Å². The van der Waals surface area contributed by atoms with Gasteiger partial charge in [-0.05, 0) is 43.5 Å². The highest BCUT2D eigenvalue weighted by Gasteiger charge is 2.17. The maximum atomic E-state index is 4.64. The first kappa shape index (κ1) is 14.7. The van der Waals surface area contributed by atoms with Crippen molar-refractivity contribution < 1.29 is 0 Å². The maximum absolute atomic E-state index is 4.64. The van der Waals surface area contributed by atoms with E-state index in [1.165, 1.54) is 16.7 Å². The van der Waals surface area contributed by atoms with E-state index in [2.05, 4.69) is 61.4 Å².